The molecule has 122 valence electrons. The molecule has 0 aliphatic carbocycles. The first kappa shape index (κ1) is 14.8. The summed E-state index contributed by atoms with van der Waals surface area (Å²) >= 11 is 0. The van der Waals surface area contributed by atoms with Gasteiger partial charge in [-0.05, 0) is 44.2 Å². The van der Waals surface area contributed by atoms with E-state index in [0.717, 1.165) is 58.3 Å². The highest BCUT2D eigenvalue weighted by atomic mass is 16.5. The highest BCUT2D eigenvalue weighted by molar-refractivity contribution is 5.86. The summed E-state index contributed by atoms with van der Waals surface area (Å²) in [6.07, 6.45) is 5.04. The Morgan fingerprint density at radius 3 is 3.09 bits per heavy atom. The molecule has 0 radical (unpaired) electrons. The Hall–Kier alpha value is -1.81. The number of aryl methyl sites for hydroxylation is 1. The van der Waals surface area contributed by atoms with Gasteiger partial charge in [0, 0.05) is 30.5 Å². The Morgan fingerprint density at radius 2 is 2.26 bits per heavy atom. The number of para-hydroxylation sites is 1. The van der Waals surface area contributed by atoms with Crippen LogP contribution in [0.3, 0.4) is 0 Å². The molecule has 1 aromatic heterocycles. The minimum Gasteiger partial charge on any atom is -0.368 e. The third-order valence-electron chi connectivity index (χ3n) is 5.56. The highest BCUT2D eigenvalue weighted by Gasteiger charge is 2.43. The minimum absolute atomic E-state index is 0.207. The molecule has 0 saturated heterocycles. The van der Waals surface area contributed by atoms with Crippen LogP contribution in [-0.2, 0) is 28.1 Å². The van der Waals surface area contributed by atoms with Crippen LogP contribution < -0.4 is 0 Å². The molecule has 1 aromatic carbocycles. The number of carbonyl (C=O) groups excluding carboxylic acids is 1. The Balaban J connectivity index is 1.80. The Kier molecular flexibility index (Phi) is 3.64. The van der Waals surface area contributed by atoms with Crippen molar-refractivity contribution in [2.75, 3.05) is 19.7 Å². The third kappa shape index (κ3) is 2.19. The van der Waals surface area contributed by atoms with E-state index in [2.05, 4.69) is 28.8 Å². The molecular formula is C19H24N2O2. The molecule has 2 aliphatic heterocycles. The first-order valence-corrected chi connectivity index (χ1v) is 8.73. The lowest BCUT2D eigenvalue weighted by Gasteiger charge is -2.42. The molecule has 2 aromatic rings. The van der Waals surface area contributed by atoms with Crippen molar-refractivity contribution < 1.29 is 9.53 Å². The molecule has 23 heavy (non-hydrogen) atoms. The van der Waals surface area contributed by atoms with Gasteiger partial charge in [-0.3, -0.25) is 4.79 Å². The molecule has 1 unspecified atom stereocenters. The molecule has 3 heterocycles. The highest BCUT2D eigenvalue weighted by Crippen LogP contribution is 2.46. The number of nitrogens with zero attached hydrogens (tertiary/aromatic N) is 2. The van der Waals surface area contributed by atoms with Crippen LogP contribution in [-0.4, -0.2) is 35.6 Å². The molecule has 0 saturated carbocycles. The van der Waals surface area contributed by atoms with Crippen LogP contribution in [0.25, 0.3) is 10.9 Å². The Morgan fingerprint density at radius 1 is 1.39 bits per heavy atom. The Bertz CT molecular complexity index is 687. The van der Waals surface area contributed by atoms with Gasteiger partial charge in [0.05, 0.1) is 12.3 Å². The summed E-state index contributed by atoms with van der Waals surface area (Å²) in [6, 6.07) is 8.73. The van der Waals surface area contributed by atoms with Crippen molar-refractivity contribution in [1.29, 1.82) is 0 Å². The van der Waals surface area contributed by atoms with E-state index in [1.807, 2.05) is 11.8 Å². The smallest absolute Gasteiger partial charge is 0.209 e. The number of fused-ring (bicyclic) bond motifs is 3. The predicted molar refractivity (Wildman–Crippen MR) is 90.4 cm³/mol. The summed E-state index contributed by atoms with van der Waals surface area (Å²) in [5, 5.41) is 1.39. The molecule has 0 bridgehead atoms. The SMILES string of the molecule is CCN(C=O)CCC12CCCn3c1c(c1ccccc13)CCO2. The van der Waals surface area contributed by atoms with Gasteiger partial charge in [-0.25, -0.2) is 0 Å². The van der Waals surface area contributed by atoms with Crippen LogP contribution in [0, 0.1) is 0 Å². The van der Waals surface area contributed by atoms with E-state index in [1.165, 1.54) is 22.2 Å². The van der Waals surface area contributed by atoms with Gasteiger partial charge in [-0.15, -0.1) is 0 Å². The van der Waals surface area contributed by atoms with E-state index < -0.39 is 0 Å². The molecule has 4 nitrogen and oxygen atoms in total. The lowest BCUT2D eigenvalue weighted by molar-refractivity contribution is -0.121. The molecule has 4 heteroatoms. The largest absolute Gasteiger partial charge is 0.368 e. The first-order valence-electron chi connectivity index (χ1n) is 8.73. The fraction of sp³-hybridized carbons (Fsp3) is 0.526. The van der Waals surface area contributed by atoms with Crippen molar-refractivity contribution in [1.82, 2.24) is 9.47 Å². The maximum absolute atomic E-state index is 11.1. The molecule has 0 spiro atoms. The maximum Gasteiger partial charge on any atom is 0.209 e. The van der Waals surface area contributed by atoms with Crippen molar-refractivity contribution in [2.24, 2.45) is 0 Å². The van der Waals surface area contributed by atoms with Gasteiger partial charge in [0.2, 0.25) is 6.41 Å². The van der Waals surface area contributed by atoms with Crippen molar-refractivity contribution in [3.05, 3.63) is 35.5 Å². The zero-order valence-corrected chi connectivity index (χ0v) is 13.8. The summed E-state index contributed by atoms with van der Waals surface area (Å²) in [6.45, 7) is 5.41. The zero-order valence-electron chi connectivity index (χ0n) is 13.8. The number of aromatic nitrogens is 1. The molecule has 2 aliphatic rings. The van der Waals surface area contributed by atoms with Crippen LogP contribution in [0.4, 0.5) is 0 Å². The summed E-state index contributed by atoms with van der Waals surface area (Å²) in [5.74, 6) is 0. The first-order chi connectivity index (χ1) is 11.3. The monoisotopic (exact) mass is 312 g/mol. The van der Waals surface area contributed by atoms with Gasteiger partial charge in [0.25, 0.3) is 0 Å². The molecule has 4 rings (SSSR count). The summed E-state index contributed by atoms with van der Waals surface area (Å²) < 4.78 is 8.86. The van der Waals surface area contributed by atoms with Crippen LogP contribution in [0.15, 0.2) is 24.3 Å². The van der Waals surface area contributed by atoms with E-state index in [4.69, 9.17) is 4.74 Å². The van der Waals surface area contributed by atoms with Gasteiger partial charge in [-0.1, -0.05) is 18.2 Å². The van der Waals surface area contributed by atoms with Crippen LogP contribution in [0.5, 0.6) is 0 Å². The zero-order chi connectivity index (χ0) is 15.9. The number of carbonyl (C=O) groups is 1. The summed E-state index contributed by atoms with van der Waals surface area (Å²) in [7, 11) is 0. The van der Waals surface area contributed by atoms with Crippen molar-refractivity contribution in [3.63, 3.8) is 0 Å². The number of hydrogen-bond donors (Lipinski definition) is 0. The second-order valence-electron chi connectivity index (χ2n) is 6.68. The molecular weight excluding hydrogens is 288 g/mol. The average molecular weight is 312 g/mol. The van der Waals surface area contributed by atoms with Crippen molar-refractivity contribution in [2.45, 2.75) is 44.8 Å². The van der Waals surface area contributed by atoms with E-state index in [1.54, 1.807) is 0 Å². The summed E-state index contributed by atoms with van der Waals surface area (Å²) in [4.78, 5) is 13.0. The minimum atomic E-state index is -0.207. The normalized spacial score (nSPS) is 22.8. The second kappa shape index (κ2) is 5.68. The lowest BCUT2D eigenvalue weighted by atomic mass is 9.82. The number of amides is 1. The van der Waals surface area contributed by atoms with Crippen LogP contribution in [0.1, 0.15) is 37.4 Å². The molecule has 0 fully saturated rings. The number of hydrogen-bond acceptors (Lipinski definition) is 2. The topological polar surface area (TPSA) is 34.5 Å². The number of benzene rings is 1. The lowest BCUT2D eigenvalue weighted by Crippen LogP contribution is -2.43. The Labute approximate surface area is 137 Å². The fourth-order valence-corrected chi connectivity index (χ4v) is 4.44. The molecule has 0 N–H and O–H groups in total. The maximum atomic E-state index is 11.1. The summed E-state index contributed by atoms with van der Waals surface area (Å²) in [5.41, 5.74) is 4.00. The number of rotatable bonds is 5. The van der Waals surface area contributed by atoms with Crippen LogP contribution in [0.2, 0.25) is 0 Å². The van der Waals surface area contributed by atoms with Crippen molar-refractivity contribution in [3.8, 4) is 0 Å². The van der Waals surface area contributed by atoms with Crippen molar-refractivity contribution >= 4 is 17.3 Å². The van der Waals surface area contributed by atoms with Gasteiger partial charge in [-0.2, -0.15) is 0 Å². The quantitative estimate of drug-likeness (QED) is 0.795. The predicted octanol–water partition coefficient (Wildman–Crippen LogP) is 3.07. The van der Waals surface area contributed by atoms with Gasteiger partial charge in [0.15, 0.2) is 0 Å². The van der Waals surface area contributed by atoms with E-state index in [0.29, 0.717) is 0 Å². The third-order valence-corrected chi connectivity index (χ3v) is 5.56. The van der Waals surface area contributed by atoms with E-state index in [9.17, 15) is 4.79 Å². The number of ether oxygens (including phenoxy) is 1. The molecule has 1 amide bonds. The fourth-order valence-electron chi connectivity index (χ4n) is 4.44. The van der Waals surface area contributed by atoms with Crippen LogP contribution >= 0.6 is 0 Å². The van der Waals surface area contributed by atoms with E-state index in [-0.39, 0.29) is 5.60 Å². The second-order valence-corrected chi connectivity index (χ2v) is 6.68. The average Bonchev–Trinajstić information content (AvgIpc) is 2.93. The van der Waals surface area contributed by atoms with Gasteiger partial charge >= 0.3 is 0 Å². The molecule has 1 atom stereocenters. The van der Waals surface area contributed by atoms with Gasteiger partial charge in [0.1, 0.15) is 5.60 Å². The van der Waals surface area contributed by atoms with Gasteiger partial charge < -0.3 is 14.2 Å². The standard InChI is InChI=1S/C19H24N2O2/c1-2-20(14-22)12-10-19-9-5-11-21-17-7-4-3-6-15(17)16(18(19)21)8-13-23-19/h3-4,6-7,14H,2,5,8-13H2,1H3. The van der Waals surface area contributed by atoms with E-state index >= 15 is 0 Å².